The van der Waals surface area contributed by atoms with Crippen LogP contribution in [0.15, 0.2) is 18.2 Å². The molecule has 0 unspecified atom stereocenters. The van der Waals surface area contributed by atoms with Crippen molar-refractivity contribution in [3.05, 3.63) is 29.3 Å². The molecule has 116 valence electrons. The summed E-state index contributed by atoms with van der Waals surface area (Å²) in [7, 11) is 0. The third-order valence-corrected chi connectivity index (χ3v) is 4.27. The molecule has 4 heteroatoms. The molecule has 0 saturated carbocycles. The monoisotopic (exact) mass is 289 g/mol. The first-order valence-corrected chi connectivity index (χ1v) is 7.69. The van der Waals surface area contributed by atoms with Gasteiger partial charge in [-0.05, 0) is 64.3 Å². The maximum absolute atomic E-state index is 12.4. The molecule has 0 atom stereocenters. The van der Waals surface area contributed by atoms with Crippen molar-refractivity contribution in [2.24, 2.45) is 0 Å². The van der Waals surface area contributed by atoms with Crippen LogP contribution in [0.4, 0.5) is 5.69 Å². The summed E-state index contributed by atoms with van der Waals surface area (Å²) in [5.74, 6) is 0.0155. The van der Waals surface area contributed by atoms with Crippen LogP contribution in [-0.4, -0.2) is 35.5 Å². The summed E-state index contributed by atoms with van der Waals surface area (Å²) in [5, 5.41) is 3.16. The molecule has 1 amide bonds. The van der Waals surface area contributed by atoms with Gasteiger partial charge in [-0.2, -0.15) is 0 Å². The van der Waals surface area contributed by atoms with Crippen molar-refractivity contribution in [3.8, 4) is 0 Å². The summed E-state index contributed by atoms with van der Waals surface area (Å²) in [5.41, 5.74) is 8.29. The van der Waals surface area contributed by atoms with Crippen LogP contribution in [0, 0.1) is 6.92 Å². The highest BCUT2D eigenvalue weighted by Crippen LogP contribution is 2.20. The first kappa shape index (κ1) is 15.8. The Morgan fingerprint density at radius 2 is 1.90 bits per heavy atom. The Balaban J connectivity index is 1.93. The van der Waals surface area contributed by atoms with E-state index in [9.17, 15) is 4.79 Å². The van der Waals surface area contributed by atoms with Crippen LogP contribution < -0.4 is 11.1 Å². The van der Waals surface area contributed by atoms with Gasteiger partial charge in [0.2, 0.25) is 0 Å². The van der Waals surface area contributed by atoms with E-state index >= 15 is 0 Å². The minimum absolute atomic E-state index is 0.0155. The summed E-state index contributed by atoms with van der Waals surface area (Å²) in [6.45, 7) is 10.7. The van der Waals surface area contributed by atoms with E-state index in [2.05, 4.69) is 31.0 Å². The molecule has 0 radical (unpaired) electrons. The molecule has 1 aliphatic rings. The van der Waals surface area contributed by atoms with Gasteiger partial charge < -0.3 is 11.1 Å². The van der Waals surface area contributed by atoms with Crippen molar-refractivity contribution in [3.63, 3.8) is 0 Å². The average Bonchev–Trinajstić information content (AvgIpc) is 2.38. The minimum Gasteiger partial charge on any atom is -0.399 e. The third-order valence-electron chi connectivity index (χ3n) is 4.27. The Bertz CT molecular complexity index is 511. The number of anilines is 1. The third kappa shape index (κ3) is 3.97. The molecule has 2 rings (SSSR count). The Morgan fingerprint density at radius 3 is 2.43 bits per heavy atom. The number of hydrogen-bond donors (Lipinski definition) is 2. The molecule has 0 aliphatic carbocycles. The predicted molar refractivity (Wildman–Crippen MR) is 87.4 cm³/mol. The summed E-state index contributed by atoms with van der Waals surface area (Å²) in [4.78, 5) is 14.8. The number of nitrogens with two attached hydrogens (primary N) is 1. The van der Waals surface area contributed by atoms with E-state index < -0.39 is 0 Å². The van der Waals surface area contributed by atoms with E-state index in [1.165, 1.54) is 0 Å². The topological polar surface area (TPSA) is 58.4 Å². The van der Waals surface area contributed by atoms with E-state index in [0.29, 0.717) is 5.69 Å². The van der Waals surface area contributed by atoms with Crippen LogP contribution in [0.1, 0.15) is 49.5 Å². The second-order valence-electron chi connectivity index (χ2n) is 6.98. The van der Waals surface area contributed by atoms with Crippen molar-refractivity contribution in [1.82, 2.24) is 10.2 Å². The predicted octanol–water partition coefficient (Wildman–Crippen LogP) is 2.57. The van der Waals surface area contributed by atoms with Crippen LogP contribution >= 0.6 is 0 Å². The highest BCUT2D eigenvalue weighted by atomic mass is 16.1. The molecular weight excluding hydrogens is 262 g/mol. The number of hydrogen-bond acceptors (Lipinski definition) is 3. The lowest BCUT2D eigenvalue weighted by atomic mass is 9.97. The van der Waals surface area contributed by atoms with Gasteiger partial charge in [0, 0.05) is 35.9 Å². The van der Waals surface area contributed by atoms with Crippen molar-refractivity contribution < 1.29 is 4.79 Å². The second-order valence-corrected chi connectivity index (χ2v) is 6.98. The van der Waals surface area contributed by atoms with Gasteiger partial charge in [-0.25, -0.2) is 0 Å². The van der Waals surface area contributed by atoms with Crippen LogP contribution in [0.25, 0.3) is 0 Å². The molecule has 1 heterocycles. The number of likely N-dealkylation sites (tertiary alicyclic amines) is 1. The molecule has 1 fully saturated rings. The van der Waals surface area contributed by atoms with E-state index in [1.807, 2.05) is 19.1 Å². The van der Waals surface area contributed by atoms with Crippen molar-refractivity contribution >= 4 is 11.6 Å². The molecule has 3 N–H and O–H groups in total. The van der Waals surface area contributed by atoms with Gasteiger partial charge >= 0.3 is 0 Å². The molecule has 1 aliphatic heterocycles. The Labute approximate surface area is 127 Å². The fourth-order valence-electron chi connectivity index (χ4n) is 2.90. The maximum atomic E-state index is 12.4. The van der Waals surface area contributed by atoms with Crippen LogP contribution in [-0.2, 0) is 0 Å². The van der Waals surface area contributed by atoms with Crippen LogP contribution in [0.2, 0.25) is 0 Å². The number of nitrogen functional groups attached to an aromatic ring is 1. The summed E-state index contributed by atoms with van der Waals surface area (Å²) in [6.07, 6.45) is 2.02. The zero-order valence-electron chi connectivity index (χ0n) is 13.6. The number of rotatable bonds is 2. The minimum atomic E-state index is 0.0155. The number of carbonyl (C=O) groups is 1. The summed E-state index contributed by atoms with van der Waals surface area (Å²) < 4.78 is 0. The quantitative estimate of drug-likeness (QED) is 0.823. The van der Waals surface area contributed by atoms with Gasteiger partial charge in [-0.1, -0.05) is 0 Å². The fourth-order valence-corrected chi connectivity index (χ4v) is 2.90. The number of benzene rings is 1. The van der Waals surface area contributed by atoms with Crippen molar-refractivity contribution in [2.75, 3.05) is 18.8 Å². The standard InChI is InChI=1S/C17H27N3O/c1-12-11-13(18)5-6-15(12)16(21)19-14-7-9-20(10-8-14)17(2,3)4/h5-6,11,14H,7-10,18H2,1-4H3,(H,19,21). The number of amides is 1. The second kappa shape index (κ2) is 6.06. The molecule has 4 nitrogen and oxygen atoms in total. The highest BCUT2D eigenvalue weighted by Gasteiger charge is 2.27. The smallest absolute Gasteiger partial charge is 0.251 e. The van der Waals surface area contributed by atoms with Crippen LogP contribution in [0.3, 0.4) is 0 Å². The van der Waals surface area contributed by atoms with Gasteiger partial charge in [0.1, 0.15) is 0 Å². The molecular formula is C17H27N3O. The largest absolute Gasteiger partial charge is 0.399 e. The van der Waals surface area contributed by atoms with Crippen LogP contribution in [0.5, 0.6) is 0 Å². The lowest BCUT2D eigenvalue weighted by Crippen LogP contribution is -2.50. The lowest BCUT2D eigenvalue weighted by Gasteiger charge is -2.41. The van der Waals surface area contributed by atoms with E-state index in [-0.39, 0.29) is 17.5 Å². The van der Waals surface area contributed by atoms with E-state index in [1.54, 1.807) is 6.07 Å². The first-order valence-electron chi connectivity index (χ1n) is 7.69. The van der Waals surface area contributed by atoms with Gasteiger partial charge in [0.05, 0.1) is 0 Å². The summed E-state index contributed by atoms with van der Waals surface area (Å²) in [6, 6.07) is 5.71. The van der Waals surface area contributed by atoms with Gasteiger partial charge in [0.15, 0.2) is 0 Å². The van der Waals surface area contributed by atoms with Crippen molar-refractivity contribution in [2.45, 2.75) is 52.1 Å². The molecule has 21 heavy (non-hydrogen) atoms. The zero-order valence-corrected chi connectivity index (χ0v) is 13.6. The number of nitrogens with one attached hydrogen (secondary N) is 1. The zero-order chi connectivity index (χ0) is 15.6. The molecule has 1 aromatic rings. The fraction of sp³-hybridized carbons (Fsp3) is 0.588. The first-order chi connectivity index (χ1) is 9.77. The SMILES string of the molecule is Cc1cc(N)ccc1C(=O)NC1CCN(C(C)(C)C)CC1. The molecule has 0 spiro atoms. The molecule has 1 aromatic carbocycles. The number of aryl methyl sites for hydroxylation is 1. The Hall–Kier alpha value is -1.55. The van der Waals surface area contributed by atoms with E-state index in [0.717, 1.165) is 37.1 Å². The normalized spacial score (nSPS) is 17.7. The maximum Gasteiger partial charge on any atom is 0.251 e. The number of piperidine rings is 1. The lowest BCUT2D eigenvalue weighted by molar-refractivity contribution is 0.0812. The highest BCUT2D eigenvalue weighted by molar-refractivity contribution is 5.96. The number of carbonyl (C=O) groups excluding carboxylic acids is 1. The van der Waals surface area contributed by atoms with Crippen molar-refractivity contribution in [1.29, 1.82) is 0 Å². The Morgan fingerprint density at radius 1 is 1.29 bits per heavy atom. The summed E-state index contributed by atoms with van der Waals surface area (Å²) >= 11 is 0. The molecule has 0 aromatic heterocycles. The van der Waals surface area contributed by atoms with Gasteiger partial charge in [-0.15, -0.1) is 0 Å². The van der Waals surface area contributed by atoms with Gasteiger partial charge in [-0.3, -0.25) is 9.69 Å². The molecule has 1 saturated heterocycles. The van der Waals surface area contributed by atoms with Gasteiger partial charge in [0.25, 0.3) is 5.91 Å². The average molecular weight is 289 g/mol. The van der Waals surface area contributed by atoms with E-state index in [4.69, 9.17) is 5.73 Å². The molecule has 0 bridgehead atoms. The Kier molecular flexibility index (Phi) is 4.57. The number of nitrogens with zero attached hydrogens (tertiary/aromatic N) is 1.